The van der Waals surface area contributed by atoms with Crippen LogP contribution in [0.15, 0.2) is 18.5 Å². The molecular weight excluding hydrogens is 320 g/mol. The molecule has 1 unspecified atom stereocenters. The molecule has 1 saturated heterocycles. The second kappa shape index (κ2) is 7.45. The van der Waals surface area contributed by atoms with Crippen molar-refractivity contribution in [3.8, 4) is 0 Å². The first-order valence-corrected chi connectivity index (χ1v) is 9.14. The first-order valence-electron chi connectivity index (χ1n) is 9.14. The zero-order valence-electron chi connectivity index (χ0n) is 15.1. The normalized spacial score (nSPS) is 26.8. The molecule has 25 heavy (non-hydrogen) atoms. The molecule has 1 aliphatic heterocycles. The van der Waals surface area contributed by atoms with Crippen molar-refractivity contribution in [2.45, 2.75) is 39.2 Å². The van der Waals surface area contributed by atoms with Crippen molar-refractivity contribution < 1.29 is 14.3 Å². The lowest BCUT2D eigenvalue weighted by Crippen LogP contribution is -2.44. The van der Waals surface area contributed by atoms with Gasteiger partial charge in [-0.3, -0.25) is 9.48 Å². The van der Waals surface area contributed by atoms with Crippen molar-refractivity contribution in [1.82, 2.24) is 20.0 Å². The number of ether oxygens (including phenoxy) is 1. The molecule has 2 fully saturated rings. The fraction of sp³-hybridized carbons (Fsp3) is 0.722. The summed E-state index contributed by atoms with van der Waals surface area (Å²) < 4.78 is 6.94. The smallest absolute Gasteiger partial charge is 0.317 e. The molecule has 7 nitrogen and oxygen atoms in total. The molecule has 2 amide bonds. The van der Waals surface area contributed by atoms with Crippen LogP contribution in [0.25, 0.3) is 0 Å². The van der Waals surface area contributed by atoms with Crippen LogP contribution in [0.4, 0.5) is 4.79 Å². The van der Waals surface area contributed by atoms with E-state index < -0.39 is 5.41 Å². The van der Waals surface area contributed by atoms with Gasteiger partial charge in [0.2, 0.25) is 0 Å². The van der Waals surface area contributed by atoms with Crippen LogP contribution in [0.2, 0.25) is 0 Å². The Hall–Kier alpha value is -2.05. The fourth-order valence-electron chi connectivity index (χ4n) is 4.31. The molecule has 1 aromatic rings. The quantitative estimate of drug-likeness (QED) is 0.825. The maximum atomic E-state index is 12.6. The van der Waals surface area contributed by atoms with E-state index in [4.69, 9.17) is 4.74 Å². The number of aromatic nitrogens is 2. The van der Waals surface area contributed by atoms with Gasteiger partial charge in [0.15, 0.2) is 0 Å². The van der Waals surface area contributed by atoms with Gasteiger partial charge in [-0.05, 0) is 30.7 Å². The average Bonchev–Trinajstić information content (AvgIpc) is 3.26. The Bertz CT molecular complexity index is 603. The number of amides is 2. The molecular formula is C18H28N4O3. The summed E-state index contributed by atoms with van der Waals surface area (Å²) in [5, 5.41) is 7.20. The third-order valence-electron chi connectivity index (χ3n) is 5.66. The van der Waals surface area contributed by atoms with Gasteiger partial charge in [0.1, 0.15) is 0 Å². The van der Waals surface area contributed by atoms with Crippen molar-refractivity contribution in [3.63, 3.8) is 0 Å². The molecule has 1 aliphatic carbocycles. The number of methoxy groups -OCH3 is 1. The zero-order chi connectivity index (χ0) is 17.9. The second-order valence-corrected chi connectivity index (χ2v) is 7.49. The number of carbonyl (C=O) groups excluding carboxylic acids is 2. The monoisotopic (exact) mass is 348 g/mol. The van der Waals surface area contributed by atoms with Gasteiger partial charge in [0.25, 0.3) is 0 Å². The van der Waals surface area contributed by atoms with E-state index in [9.17, 15) is 9.59 Å². The lowest BCUT2D eigenvalue weighted by molar-refractivity contribution is -0.156. The predicted molar refractivity (Wildman–Crippen MR) is 92.8 cm³/mol. The van der Waals surface area contributed by atoms with E-state index in [-0.39, 0.29) is 23.8 Å². The van der Waals surface area contributed by atoms with Crippen LogP contribution < -0.4 is 5.32 Å². The Kier molecular flexibility index (Phi) is 5.30. The predicted octanol–water partition coefficient (Wildman–Crippen LogP) is 1.89. The summed E-state index contributed by atoms with van der Waals surface area (Å²) in [6.45, 7) is 4.56. The molecule has 3 atom stereocenters. The number of fused-ring (bicyclic) bond motifs is 1. The van der Waals surface area contributed by atoms with Crippen LogP contribution in [0.1, 0.15) is 32.6 Å². The Morgan fingerprint density at radius 1 is 1.44 bits per heavy atom. The maximum Gasteiger partial charge on any atom is 0.317 e. The molecule has 2 aliphatic rings. The highest BCUT2D eigenvalue weighted by molar-refractivity contribution is 5.81. The summed E-state index contributed by atoms with van der Waals surface area (Å²) in [5.41, 5.74) is -0.495. The van der Waals surface area contributed by atoms with Gasteiger partial charge in [-0.2, -0.15) is 5.10 Å². The van der Waals surface area contributed by atoms with E-state index in [2.05, 4.69) is 17.3 Å². The van der Waals surface area contributed by atoms with E-state index in [1.807, 2.05) is 16.9 Å². The molecule has 138 valence electrons. The van der Waals surface area contributed by atoms with Gasteiger partial charge >= 0.3 is 12.0 Å². The molecule has 0 radical (unpaired) electrons. The third-order valence-corrected chi connectivity index (χ3v) is 5.66. The van der Waals surface area contributed by atoms with Crippen molar-refractivity contribution in [2.24, 2.45) is 17.3 Å². The topological polar surface area (TPSA) is 76.5 Å². The van der Waals surface area contributed by atoms with Crippen LogP contribution >= 0.6 is 0 Å². The van der Waals surface area contributed by atoms with Gasteiger partial charge in [0.05, 0.1) is 12.5 Å². The van der Waals surface area contributed by atoms with Crippen LogP contribution in [-0.4, -0.2) is 53.4 Å². The molecule has 7 heteroatoms. The highest BCUT2D eigenvalue weighted by Crippen LogP contribution is 2.47. The highest BCUT2D eigenvalue weighted by atomic mass is 16.5. The fourth-order valence-corrected chi connectivity index (χ4v) is 4.31. The molecule has 0 bridgehead atoms. The molecule has 0 aromatic carbocycles. The van der Waals surface area contributed by atoms with Crippen LogP contribution in [-0.2, 0) is 16.1 Å². The second-order valence-electron chi connectivity index (χ2n) is 7.49. The summed E-state index contributed by atoms with van der Waals surface area (Å²) in [6, 6.07) is 1.81. The van der Waals surface area contributed by atoms with Gasteiger partial charge < -0.3 is 15.0 Å². The van der Waals surface area contributed by atoms with Crippen molar-refractivity contribution >= 4 is 12.0 Å². The van der Waals surface area contributed by atoms with E-state index in [1.165, 1.54) is 7.11 Å². The molecule has 3 rings (SSSR count). The first kappa shape index (κ1) is 17.8. The molecule has 1 saturated carbocycles. The minimum Gasteiger partial charge on any atom is -0.469 e. The SMILES string of the molecule is COC(=O)[C@@]12CCCC[C@@H]1CN(C(=O)NCC(C)Cn1cccn1)C2. The Labute approximate surface area is 148 Å². The lowest BCUT2D eigenvalue weighted by atomic mass is 9.68. The zero-order valence-corrected chi connectivity index (χ0v) is 15.1. The van der Waals surface area contributed by atoms with Gasteiger partial charge in [-0.15, -0.1) is 0 Å². The number of hydrogen-bond donors (Lipinski definition) is 1. The van der Waals surface area contributed by atoms with E-state index in [1.54, 1.807) is 11.1 Å². The number of likely N-dealkylation sites (tertiary alicyclic amines) is 1. The number of nitrogens with zero attached hydrogens (tertiary/aromatic N) is 3. The summed E-state index contributed by atoms with van der Waals surface area (Å²) in [7, 11) is 1.45. The number of urea groups is 1. The molecule has 1 N–H and O–H groups in total. The summed E-state index contributed by atoms with van der Waals surface area (Å²) >= 11 is 0. The average molecular weight is 348 g/mol. The molecule has 2 heterocycles. The van der Waals surface area contributed by atoms with Crippen molar-refractivity contribution in [2.75, 3.05) is 26.7 Å². The van der Waals surface area contributed by atoms with Crippen LogP contribution in [0.5, 0.6) is 0 Å². The molecule has 0 spiro atoms. The number of esters is 1. The first-order chi connectivity index (χ1) is 12.0. The number of hydrogen-bond acceptors (Lipinski definition) is 4. The van der Waals surface area contributed by atoms with Gasteiger partial charge in [-0.25, -0.2) is 4.79 Å². The Morgan fingerprint density at radius 3 is 3.00 bits per heavy atom. The highest BCUT2D eigenvalue weighted by Gasteiger charge is 2.54. The minimum absolute atomic E-state index is 0.0787. The summed E-state index contributed by atoms with van der Waals surface area (Å²) in [4.78, 5) is 26.8. The van der Waals surface area contributed by atoms with E-state index >= 15 is 0 Å². The molecule has 1 aromatic heterocycles. The summed E-state index contributed by atoms with van der Waals surface area (Å²) in [6.07, 6.45) is 7.65. The number of nitrogens with one attached hydrogen (secondary N) is 1. The maximum absolute atomic E-state index is 12.6. The van der Waals surface area contributed by atoms with Crippen LogP contribution in [0, 0.1) is 17.3 Å². The lowest BCUT2D eigenvalue weighted by Gasteiger charge is -2.35. The standard InChI is InChI=1S/C18H28N4O3/c1-14(11-22-9-5-8-20-22)10-19-17(24)21-12-15-6-3-4-7-18(15,13-21)16(23)25-2/h5,8-9,14-15H,3-4,6-7,10-13H2,1-2H3,(H,19,24)/t14?,15-,18-/m1/s1. The number of carbonyl (C=O) groups is 2. The Morgan fingerprint density at radius 2 is 2.28 bits per heavy atom. The van der Waals surface area contributed by atoms with Crippen molar-refractivity contribution in [3.05, 3.63) is 18.5 Å². The van der Waals surface area contributed by atoms with Crippen LogP contribution in [0.3, 0.4) is 0 Å². The third kappa shape index (κ3) is 3.65. The largest absolute Gasteiger partial charge is 0.469 e. The summed E-state index contributed by atoms with van der Waals surface area (Å²) in [5.74, 6) is 0.351. The minimum atomic E-state index is -0.495. The van der Waals surface area contributed by atoms with Gasteiger partial charge in [0, 0.05) is 38.6 Å². The van der Waals surface area contributed by atoms with Gasteiger partial charge in [-0.1, -0.05) is 19.8 Å². The van der Waals surface area contributed by atoms with E-state index in [0.717, 1.165) is 32.2 Å². The van der Waals surface area contributed by atoms with E-state index in [0.29, 0.717) is 19.6 Å². The number of rotatable bonds is 5. The van der Waals surface area contributed by atoms with Crippen molar-refractivity contribution in [1.29, 1.82) is 0 Å². The Balaban J connectivity index is 1.55.